The number of benzene rings is 1. The van der Waals surface area contributed by atoms with Crippen LogP contribution in [0.15, 0.2) is 53.0 Å². The molecule has 1 aliphatic heterocycles. The molecule has 0 atom stereocenters. The highest BCUT2D eigenvalue weighted by molar-refractivity contribution is 5.99. The Morgan fingerprint density at radius 1 is 1.11 bits per heavy atom. The molecule has 1 aromatic heterocycles. The largest absolute Gasteiger partial charge is 0.425 e. The van der Waals surface area contributed by atoms with Gasteiger partial charge in [0.05, 0.1) is 22.5 Å². The number of esters is 1. The SMILES string of the molecule is CC1=NC(C)=C(OC(=O)c2c(-c3cccc(C(F)(F)F)c3)ccnc2C)CC1. The molecule has 0 radical (unpaired) electrons. The minimum Gasteiger partial charge on any atom is -0.425 e. The van der Waals surface area contributed by atoms with Gasteiger partial charge in [0.25, 0.3) is 0 Å². The zero-order valence-corrected chi connectivity index (χ0v) is 15.7. The monoisotopic (exact) mass is 388 g/mol. The smallest absolute Gasteiger partial charge is 0.416 e. The molecule has 0 spiro atoms. The number of halogens is 3. The van der Waals surface area contributed by atoms with Gasteiger partial charge in [-0.1, -0.05) is 12.1 Å². The lowest BCUT2D eigenvalue weighted by atomic mass is 9.97. The van der Waals surface area contributed by atoms with Crippen molar-refractivity contribution >= 4 is 11.7 Å². The summed E-state index contributed by atoms with van der Waals surface area (Å²) in [4.78, 5) is 21.3. The number of nitrogens with zero attached hydrogens (tertiary/aromatic N) is 2. The van der Waals surface area contributed by atoms with E-state index in [-0.39, 0.29) is 11.1 Å². The zero-order chi connectivity index (χ0) is 20.5. The summed E-state index contributed by atoms with van der Waals surface area (Å²) in [6.07, 6.45) is -1.78. The lowest BCUT2D eigenvalue weighted by Crippen LogP contribution is -2.13. The maximum atomic E-state index is 13.1. The number of hydrogen-bond donors (Lipinski definition) is 0. The van der Waals surface area contributed by atoms with Gasteiger partial charge in [0.15, 0.2) is 0 Å². The highest BCUT2D eigenvalue weighted by Crippen LogP contribution is 2.34. The summed E-state index contributed by atoms with van der Waals surface area (Å²) in [5.41, 5.74) is 1.95. The number of hydrogen-bond acceptors (Lipinski definition) is 4. The summed E-state index contributed by atoms with van der Waals surface area (Å²) in [6.45, 7) is 5.28. The number of allylic oxidation sites excluding steroid dienone is 2. The van der Waals surface area contributed by atoms with Crippen LogP contribution in [-0.2, 0) is 10.9 Å². The lowest BCUT2D eigenvalue weighted by molar-refractivity contribution is -0.137. The Kier molecular flexibility index (Phi) is 5.36. The van der Waals surface area contributed by atoms with E-state index >= 15 is 0 Å². The molecule has 0 bridgehead atoms. The second-order valence-corrected chi connectivity index (χ2v) is 6.64. The first kappa shape index (κ1) is 19.8. The molecule has 3 rings (SSSR count). The molecule has 4 nitrogen and oxygen atoms in total. The molecule has 1 aliphatic rings. The lowest BCUT2D eigenvalue weighted by Gasteiger charge is -2.17. The summed E-state index contributed by atoms with van der Waals surface area (Å²) in [7, 11) is 0. The van der Waals surface area contributed by atoms with Crippen LogP contribution in [0.3, 0.4) is 0 Å². The van der Waals surface area contributed by atoms with Crippen LogP contribution in [0.2, 0.25) is 0 Å². The number of pyridine rings is 1. The van der Waals surface area contributed by atoms with E-state index < -0.39 is 17.7 Å². The van der Waals surface area contributed by atoms with Crippen molar-refractivity contribution in [3.05, 3.63) is 64.8 Å². The summed E-state index contributed by atoms with van der Waals surface area (Å²) in [5.74, 6) is -0.184. The number of carbonyl (C=O) groups is 1. The Balaban J connectivity index is 2.02. The van der Waals surface area contributed by atoms with Crippen LogP contribution < -0.4 is 0 Å². The number of aryl methyl sites for hydroxylation is 1. The van der Waals surface area contributed by atoms with Crippen molar-refractivity contribution in [3.8, 4) is 11.1 Å². The molecule has 2 aromatic rings. The van der Waals surface area contributed by atoms with E-state index in [1.54, 1.807) is 13.8 Å². The number of alkyl halides is 3. The van der Waals surface area contributed by atoms with E-state index in [4.69, 9.17) is 4.74 Å². The molecule has 0 N–H and O–H groups in total. The first-order valence-corrected chi connectivity index (χ1v) is 8.76. The van der Waals surface area contributed by atoms with E-state index in [1.807, 2.05) is 6.92 Å². The van der Waals surface area contributed by atoms with Crippen molar-refractivity contribution < 1.29 is 22.7 Å². The van der Waals surface area contributed by atoms with Gasteiger partial charge in [-0.15, -0.1) is 0 Å². The Bertz CT molecular complexity index is 991. The number of ether oxygens (including phenoxy) is 1. The van der Waals surface area contributed by atoms with Gasteiger partial charge in [-0.25, -0.2) is 4.79 Å². The topological polar surface area (TPSA) is 51.5 Å². The third kappa shape index (κ3) is 4.13. The fourth-order valence-electron chi connectivity index (χ4n) is 3.10. The summed E-state index contributed by atoms with van der Waals surface area (Å²) in [6, 6.07) is 6.37. The predicted molar refractivity (Wildman–Crippen MR) is 99.9 cm³/mol. The van der Waals surface area contributed by atoms with Crippen LogP contribution >= 0.6 is 0 Å². The first-order valence-electron chi connectivity index (χ1n) is 8.76. The zero-order valence-electron chi connectivity index (χ0n) is 15.7. The van der Waals surface area contributed by atoms with Crippen LogP contribution in [0.25, 0.3) is 11.1 Å². The molecule has 28 heavy (non-hydrogen) atoms. The molecule has 0 unspecified atom stereocenters. The molecule has 0 aliphatic carbocycles. The Morgan fingerprint density at radius 2 is 1.86 bits per heavy atom. The van der Waals surface area contributed by atoms with E-state index in [2.05, 4.69) is 9.98 Å². The molecule has 0 fully saturated rings. The van der Waals surface area contributed by atoms with Crippen LogP contribution in [-0.4, -0.2) is 16.7 Å². The van der Waals surface area contributed by atoms with Crippen molar-refractivity contribution in [2.24, 2.45) is 4.99 Å². The van der Waals surface area contributed by atoms with E-state index in [1.165, 1.54) is 24.4 Å². The van der Waals surface area contributed by atoms with Crippen molar-refractivity contribution in [2.45, 2.75) is 39.8 Å². The van der Waals surface area contributed by atoms with E-state index in [0.29, 0.717) is 35.6 Å². The average Bonchev–Trinajstić information content (AvgIpc) is 2.63. The fourth-order valence-corrected chi connectivity index (χ4v) is 3.10. The van der Waals surface area contributed by atoms with Gasteiger partial charge in [-0.05, 0) is 56.5 Å². The molecule has 7 heteroatoms. The van der Waals surface area contributed by atoms with Gasteiger partial charge in [0.2, 0.25) is 0 Å². The van der Waals surface area contributed by atoms with Crippen molar-refractivity contribution in [1.29, 1.82) is 0 Å². The molecule has 0 saturated carbocycles. The fraction of sp³-hybridized carbons (Fsp3) is 0.286. The van der Waals surface area contributed by atoms with Crippen LogP contribution in [0.5, 0.6) is 0 Å². The highest BCUT2D eigenvalue weighted by Gasteiger charge is 2.31. The van der Waals surface area contributed by atoms with Crippen molar-refractivity contribution in [3.63, 3.8) is 0 Å². The molecule has 0 amide bonds. The summed E-state index contributed by atoms with van der Waals surface area (Å²) >= 11 is 0. The maximum Gasteiger partial charge on any atom is 0.416 e. The quantitative estimate of drug-likeness (QED) is 0.632. The van der Waals surface area contributed by atoms with Crippen LogP contribution in [0.1, 0.15) is 48.3 Å². The second-order valence-electron chi connectivity index (χ2n) is 6.64. The summed E-state index contributed by atoms with van der Waals surface area (Å²) in [5, 5.41) is 0. The van der Waals surface area contributed by atoms with E-state index in [0.717, 1.165) is 17.8 Å². The van der Waals surface area contributed by atoms with Crippen LogP contribution in [0.4, 0.5) is 13.2 Å². The minimum atomic E-state index is -4.47. The Labute approximate surface area is 160 Å². The van der Waals surface area contributed by atoms with Gasteiger partial charge in [-0.2, -0.15) is 13.2 Å². The third-order valence-electron chi connectivity index (χ3n) is 4.54. The van der Waals surface area contributed by atoms with Crippen molar-refractivity contribution in [2.75, 3.05) is 0 Å². The minimum absolute atomic E-state index is 0.147. The van der Waals surface area contributed by atoms with Gasteiger partial charge in [-0.3, -0.25) is 9.98 Å². The second kappa shape index (κ2) is 7.58. The van der Waals surface area contributed by atoms with Gasteiger partial charge in [0.1, 0.15) is 5.76 Å². The van der Waals surface area contributed by atoms with Crippen LogP contribution in [0, 0.1) is 6.92 Å². The molecule has 1 aromatic carbocycles. The summed E-state index contributed by atoms with van der Waals surface area (Å²) < 4.78 is 44.8. The number of carbonyl (C=O) groups excluding carboxylic acids is 1. The Morgan fingerprint density at radius 3 is 2.54 bits per heavy atom. The maximum absolute atomic E-state index is 13.1. The van der Waals surface area contributed by atoms with Crippen molar-refractivity contribution in [1.82, 2.24) is 4.98 Å². The molecular formula is C21H19F3N2O2. The molecule has 0 saturated heterocycles. The first-order chi connectivity index (χ1) is 13.2. The number of rotatable bonds is 3. The van der Waals surface area contributed by atoms with Gasteiger partial charge in [0, 0.05) is 18.3 Å². The third-order valence-corrected chi connectivity index (χ3v) is 4.54. The molecular weight excluding hydrogens is 369 g/mol. The average molecular weight is 388 g/mol. The van der Waals surface area contributed by atoms with Gasteiger partial charge < -0.3 is 4.74 Å². The predicted octanol–water partition coefficient (Wildman–Crippen LogP) is 5.72. The van der Waals surface area contributed by atoms with E-state index in [9.17, 15) is 18.0 Å². The standard InChI is InChI=1S/C21H19F3N2O2/c1-12-7-8-18(13(2)26-12)28-20(27)19-14(3)25-10-9-17(19)15-5-4-6-16(11-15)21(22,23)24/h4-6,9-11H,7-8H2,1-3H3. The van der Waals surface area contributed by atoms with Gasteiger partial charge >= 0.3 is 12.1 Å². The number of aliphatic imine (C=N–C) groups is 1. The normalized spacial score (nSPS) is 14.7. The molecule has 146 valence electrons. The Hall–Kier alpha value is -2.96. The highest BCUT2D eigenvalue weighted by atomic mass is 19.4. The number of aromatic nitrogens is 1. The molecule has 2 heterocycles.